The molecule has 0 bridgehead atoms. The second-order valence-electron chi connectivity index (χ2n) is 18.8. The highest BCUT2D eigenvalue weighted by Crippen LogP contribution is 2.57. The third kappa shape index (κ3) is 6.42. The summed E-state index contributed by atoms with van der Waals surface area (Å²) in [5, 5.41) is 7.31. The molecule has 0 radical (unpaired) electrons. The maximum Gasteiger partial charge on any atom is 0.0714 e. The van der Waals surface area contributed by atoms with Crippen molar-refractivity contribution in [2.45, 2.75) is 5.41 Å². The Morgan fingerprint density at radius 2 is 0.873 bits per heavy atom. The summed E-state index contributed by atoms with van der Waals surface area (Å²) >= 11 is 0. The maximum atomic E-state index is 2.49. The Morgan fingerprint density at radius 1 is 0.296 bits per heavy atom. The van der Waals surface area contributed by atoms with Crippen molar-refractivity contribution in [3.63, 3.8) is 0 Å². The van der Waals surface area contributed by atoms with Crippen LogP contribution in [-0.4, -0.2) is 4.57 Å². The summed E-state index contributed by atoms with van der Waals surface area (Å²) in [5.41, 5.74) is 18.7. The Morgan fingerprint density at radius 3 is 1.66 bits per heavy atom. The predicted molar refractivity (Wildman–Crippen MR) is 299 cm³/mol. The van der Waals surface area contributed by atoms with E-state index >= 15 is 0 Å². The lowest BCUT2D eigenvalue weighted by Gasteiger charge is -2.34. The van der Waals surface area contributed by atoms with Crippen LogP contribution in [0, 0.1) is 0 Å². The summed E-state index contributed by atoms with van der Waals surface area (Å²) in [6, 6.07) is 103. The Kier molecular flexibility index (Phi) is 9.47. The largest absolute Gasteiger partial charge is 0.310 e. The van der Waals surface area contributed by atoms with Crippen molar-refractivity contribution in [1.29, 1.82) is 0 Å². The molecule has 1 aliphatic rings. The van der Waals surface area contributed by atoms with Crippen LogP contribution < -0.4 is 4.90 Å². The summed E-state index contributed by atoms with van der Waals surface area (Å²) in [7, 11) is 0. The zero-order valence-corrected chi connectivity index (χ0v) is 39.0. The summed E-state index contributed by atoms with van der Waals surface area (Å²) in [6.07, 6.45) is 0. The highest BCUT2D eigenvalue weighted by atomic mass is 15.1. The molecule has 1 aromatic heterocycles. The van der Waals surface area contributed by atoms with Gasteiger partial charge in [-0.1, -0.05) is 224 Å². The van der Waals surface area contributed by atoms with Gasteiger partial charge in [-0.15, -0.1) is 0 Å². The van der Waals surface area contributed by atoms with E-state index in [2.05, 4.69) is 289 Å². The maximum absolute atomic E-state index is 2.49. The average Bonchev–Trinajstić information content (AvgIpc) is 3.94. The van der Waals surface area contributed by atoms with Crippen molar-refractivity contribution in [3.05, 3.63) is 301 Å². The van der Waals surface area contributed by atoms with Crippen molar-refractivity contribution in [3.8, 4) is 39.1 Å². The van der Waals surface area contributed by atoms with E-state index in [0.717, 1.165) is 28.3 Å². The number of hydrogen-bond donors (Lipinski definition) is 0. The molecular weight excluding hydrogens is 857 g/mol. The molecule has 71 heavy (non-hydrogen) atoms. The van der Waals surface area contributed by atoms with E-state index < -0.39 is 5.41 Å². The smallest absolute Gasteiger partial charge is 0.0714 e. The molecule has 0 atom stereocenters. The molecule has 0 saturated heterocycles. The fraction of sp³-hybridized carbons (Fsp3) is 0.0145. The van der Waals surface area contributed by atoms with E-state index in [1.807, 2.05) is 0 Å². The Labute approximate surface area is 413 Å². The first-order chi connectivity index (χ1) is 35.2. The molecule has 0 N–H and O–H groups in total. The van der Waals surface area contributed by atoms with Gasteiger partial charge in [0.05, 0.1) is 22.1 Å². The molecule has 1 heterocycles. The Balaban J connectivity index is 0.941. The highest BCUT2D eigenvalue weighted by Gasteiger charge is 2.46. The van der Waals surface area contributed by atoms with Gasteiger partial charge >= 0.3 is 0 Å². The minimum Gasteiger partial charge on any atom is -0.310 e. The van der Waals surface area contributed by atoms with E-state index in [1.165, 1.54) is 93.4 Å². The number of benzene rings is 12. The van der Waals surface area contributed by atoms with E-state index in [1.54, 1.807) is 0 Å². The monoisotopic (exact) mass is 902 g/mol. The molecule has 0 unspecified atom stereocenters. The van der Waals surface area contributed by atoms with Gasteiger partial charge in [-0.05, 0) is 126 Å². The average molecular weight is 903 g/mol. The zero-order chi connectivity index (χ0) is 46.9. The molecule has 12 aromatic carbocycles. The van der Waals surface area contributed by atoms with Crippen LogP contribution in [0.25, 0.3) is 82.4 Å². The van der Waals surface area contributed by atoms with Crippen LogP contribution in [-0.2, 0) is 5.41 Å². The highest BCUT2D eigenvalue weighted by molar-refractivity contribution is 6.11. The number of anilines is 3. The Hall–Kier alpha value is -9.24. The fourth-order valence-corrected chi connectivity index (χ4v) is 11.9. The second kappa shape index (κ2) is 16.5. The van der Waals surface area contributed by atoms with Gasteiger partial charge in [-0.3, -0.25) is 0 Å². The van der Waals surface area contributed by atoms with Crippen LogP contribution in [0.5, 0.6) is 0 Å². The molecule has 13 aromatic rings. The van der Waals surface area contributed by atoms with Crippen LogP contribution in [0.1, 0.15) is 22.3 Å². The second-order valence-corrected chi connectivity index (χ2v) is 18.8. The lowest BCUT2D eigenvalue weighted by molar-refractivity contribution is 0.767. The SMILES string of the molecule is c1ccc(C2(c3ccccc3)c3ccccc3-c3ccc(-n4c5ccccc5c5ccc(-c6ccccc6-c6cccc(N(c7ccc8ccccc8c7)c7cccc8ccccc78)c6)cc54)cc32)cc1. The quantitative estimate of drug-likeness (QED) is 0.147. The van der Waals surface area contributed by atoms with Crippen LogP contribution >= 0.6 is 0 Å². The van der Waals surface area contributed by atoms with E-state index in [9.17, 15) is 0 Å². The number of aromatic nitrogens is 1. The number of rotatable bonds is 8. The van der Waals surface area contributed by atoms with E-state index in [-0.39, 0.29) is 0 Å². The lowest BCUT2D eigenvalue weighted by Crippen LogP contribution is -2.28. The van der Waals surface area contributed by atoms with Crippen LogP contribution in [0.2, 0.25) is 0 Å². The topological polar surface area (TPSA) is 8.17 Å². The van der Waals surface area contributed by atoms with E-state index in [0.29, 0.717) is 0 Å². The number of nitrogens with zero attached hydrogens (tertiary/aromatic N) is 2. The van der Waals surface area contributed by atoms with Crippen molar-refractivity contribution in [1.82, 2.24) is 4.57 Å². The van der Waals surface area contributed by atoms with Crippen molar-refractivity contribution in [2.24, 2.45) is 0 Å². The number of para-hydroxylation sites is 1. The standard InChI is InChI=1S/C69H46N2/c1-3-24-52(25-4-1)69(53-26-5-2-6-27-53)64-34-15-13-32-60(64)61-42-40-56(46-65(61)69)71-67-35-16-14-33-62(67)63-41-38-51(45-68(63)71)58-30-12-11-29-57(58)50-23-17-28-54(44-50)70(55-39-37-47-19-7-8-21-49(47)43-55)66-36-18-22-48-20-9-10-31-59(48)66/h1-46H. The van der Waals surface area contributed by atoms with Gasteiger partial charge < -0.3 is 9.47 Å². The van der Waals surface area contributed by atoms with Gasteiger partial charge in [0.25, 0.3) is 0 Å². The van der Waals surface area contributed by atoms with Gasteiger partial charge in [-0.25, -0.2) is 0 Å². The summed E-state index contributed by atoms with van der Waals surface area (Å²) in [4.78, 5) is 2.42. The predicted octanol–water partition coefficient (Wildman–Crippen LogP) is 18.3. The zero-order valence-electron chi connectivity index (χ0n) is 39.0. The molecule has 1 aliphatic carbocycles. The first-order valence-electron chi connectivity index (χ1n) is 24.6. The third-order valence-corrected chi connectivity index (χ3v) is 15.0. The molecule has 0 spiro atoms. The van der Waals surface area contributed by atoms with Gasteiger partial charge in [-0.2, -0.15) is 0 Å². The number of fused-ring (bicyclic) bond motifs is 8. The van der Waals surface area contributed by atoms with Crippen LogP contribution in [0.15, 0.2) is 279 Å². The molecule has 332 valence electrons. The first-order valence-corrected chi connectivity index (χ1v) is 24.6. The normalized spacial score (nSPS) is 12.6. The van der Waals surface area contributed by atoms with Crippen LogP contribution in [0.4, 0.5) is 17.1 Å². The van der Waals surface area contributed by atoms with Crippen molar-refractivity contribution >= 4 is 60.4 Å². The summed E-state index contributed by atoms with van der Waals surface area (Å²) in [6.45, 7) is 0. The van der Waals surface area contributed by atoms with Gasteiger partial charge in [0.2, 0.25) is 0 Å². The summed E-state index contributed by atoms with van der Waals surface area (Å²) in [5.74, 6) is 0. The fourth-order valence-electron chi connectivity index (χ4n) is 11.9. The summed E-state index contributed by atoms with van der Waals surface area (Å²) < 4.78 is 2.49. The molecule has 2 nitrogen and oxygen atoms in total. The van der Waals surface area contributed by atoms with Gasteiger partial charge in [0, 0.05) is 33.2 Å². The molecule has 2 heteroatoms. The lowest BCUT2D eigenvalue weighted by atomic mass is 9.67. The van der Waals surface area contributed by atoms with Gasteiger partial charge in [0.1, 0.15) is 0 Å². The minimum absolute atomic E-state index is 0.501. The van der Waals surface area contributed by atoms with Crippen LogP contribution in [0.3, 0.4) is 0 Å². The van der Waals surface area contributed by atoms with E-state index in [4.69, 9.17) is 0 Å². The molecule has 14 rings (SSSR count). The number of hydrogen-bond acceptors (Lipinski definition) is 1. The Bertz CT molecular complexity index is 4140. The third-order valence-electron chi connectivity index (χ3n) is 15.0. The van der Waals surface area contributed by atoms with Crippen molar-refractivity contribution in [2.75, 3.05) is 4.90 Å². The molecule has 0 saturated carbocycles. The molecular formula is C69H46N2. The molecule has 0 fully saturated rings. The van der Waals surface area contributed by atoms with Gasteiger partial charge in [0.15, 0.2) is 0 Å². The first kappa shape index (κ1) is 40.8. The minimum atomic E-state index is -0.501. The molecule has 0 amide bonds. The van der Waals surface area contributed by atoms with Crippen molar-refractivity contribution < 1.29 is 0 Å². The molecule has 0 aliphatic heterocycles.